The van der Waals surface area contributed by atoms with Crippen molar-refractivity contribution in [3.8, 4) is 45.8 Å². The van der Waals surface area contributed by atoms with Crippen molar-refractivity contribution in [1.82, 2.24) is 0 Å². The fraction of sp³-hybridized carbons (Fsp3) is 0.393. The average Bonchev–Trinajstić information content (AvgIpc) is 0.794. The molecule has 0 N–H and O–H groups in total. The van der Waals surface area contributed by atoms with Gasteiger partial charge in [-0.05, 0) is 55.0 Å². The third-order valence-electron chi connectivity index (χ3n) is 11.4. The maximum absolute atomic E-state index is 14.3. The first-order chi connectivity index (χ1) is 40.6. The zero-order valence-electron chi connectivity index (χ0n) is 47.6. The summed E-state index contributed by atoms with van der Waals surface area (Å²) in [5, 5.41) is -0.442. The Hall–Kier alpha value is -9.62. The highest BCUT2D eigenvalue weighted by Gasteiger charge is 2.57. The molecule has 30 heteroatoms. The smallest absolute Gasteiger partial charge is 0.339 e. The van der Waals surface area contributed by atoms with E-state index in [9.17, 15) is 57.5 Å². The zero-order chi connectivity index (χ0) is 63.3. The van der Waals surface area contributed by atoms with Crippen LogP contribution in [0, 0.1) is 0 Å². The molecule has 4 aromatic rings. The van der Waals surface area contributed by atoms with Crippen LogP contribution in [0.4, 0.5) is 0 Å². The van der Waals surface area contributed by atoms with Crippen LogP contribution in [-0.4, -0.2) is 134 Å². The maximum atomic E-state index is 14.3. The van der Waals surface area contributed by atoms with Crippen molar-refractivity contribution in [3.63, 3.8) is 0 Å². The van der Waals surface area contributed by atoms with Crippen molar-refractivity contribution in [2.45, 2.75) is 138 Å². The van der Waals surface area contributed by atoms with Crippen molar-refractivity contribution in [3.05, 3.63) is 76.5 Å². The van der Waals surface area contributed by atoms with E-state index >= 15 is 0 Å². The molecule has 2 aliphatic rings. The highest BCUT2D eigenvalue weighted by molar-refractivity contribution is 5.91. The molecule has 3 aromatic carbocycles. The van der Waals surface area contributed by atoms with Crippen LogP contribution in [0.1, 0.15) is 81.7 Å². The molecule has 6 rings (SSSR count). The van der Waals surface area contributed by atoms with E-state index in [1.165, 1.54) is 62.4 Å². The van der Waals surface area contributed by atoms with Gasteiger partial charge in [0.1, 0.15) is 47.0 Å². The Balaban J connectivity index is 1.40. The molecule has 0 unspecified atom stereocenters. The van der Waals surface area contributed by atoms with Crippen LogP contribution in [0.5, 0.6) is 34.5 Å². The van der Waals surface area contributed by atoms with Gasteiger partial charge in [0, 0.05) is 93.0 Å². The summed E-state index contributed by atoms with van der Waals surface area (Å²) in [6.45, 7) is 10.7. The van der Waals surface area contributed by atoms with E-state index < -0.39 is 156 Å². The third kappa shape index (κ3) is 17.9. The molecule has 2 saturated heterocycles. The molecule has 0 aliphatic carbocycles. The van der Waals surface area contributed by atoms with Gasteiger partial charge in [0.2, 0.25) is 17.5 Å². The van der Waals surface area contributed by atoms with Crippen LogP contribution in [-0.2, 0) is 105 Å². The molecule has 3 heterocycles. The number of fused-ring (bicyclic) bond motifs is 1. The van der Waals surface area contributed by atoms with Gasteiger partial charge in [0.25, 0.3) is 0 Å². The third-order valence-corrected chi connectivity index (χ3v) is 11.4. The van der Waals surface area contributed by atoms with Crippen molar-refractivity contribution in [1.29, 1.82) is 0 Å². The van der Waals surface area contributed by atoms with E-state index in [1.54, 1.807) is 0 Å². The van der Waals surface area contributed by atoms with E-state index in [0.717, 1.165) is 80.5 Å². The fourth-order valence-electron chi connectivity index (χ4n) is 8.39. The Morgan fingerprint density at radius 2 is 1.06 bits per heavy atom. The molecule has 0 radical (unpaired) electrons. The molecule has 30 nitrogen and oxygen atoms in total. The van der Waals surface area contributed by atoms with E-state index in [2.05, 4.69) is 0 Å². The summed E-state index contributed by atoms with van der Waals surface area (Å²) in [5.41, 5.74) is -1.02. The fourth-order valence-corrected chi connectivity index (χ4v) is 8.39. The molecule has 0 spiro atoms. The highest BCUT2D eigenvalue weighted by atomic mass is 17.2. The predicted molar refractivity (Wildman–Crippen MR) is 279 cm³/mol. The summed E-state index contributed by atoms with van der Waals surface area (Å²) in [6.07, 6.45) is -15.9. The van der Waals surface area contributed by atoms with Crippen LogP contribution in [0.2, 0.25) is 0 Å². The van der Waals surface area contributed by atoms with Gasteiger partial charge in [-0.1, -0.05) is 6.07 Å². The minimum absolute atomic E-state index is 0.101. The predicted octanol–water partition coefficient (Wildman–Crippen LogP) is 4.10. The number of carbonyl (C=O) groups is 11. The number of benzene rings is 3. The Bertz CT molecular complexity index is 3360. The first-order valence-electron chi connectivity index (χ1n) is 25.6. The largest absolute Gasteiger partial charge is 0.461 e. The molecule has 10 atom stereocenters. The Morgan fingerprint density at radius 3 is 1.64 bits per heavy atom. The number of hydrogen-bond donors (Lipinski definition) is 0. The maximum Gasteiger partial charge on any atom is 0.339 e. The monoisotopic (exact) mass is 1210 g/mol. The molecule has 0 saturated carbocycles. The Morgan fingerprint density at radius 1 is 0.500 bits per heavy atom. The molecule has 2 aliphatic heterocycles. The number of carbonyl (C=O) groups excluding carboxylic acids is 11. The van der Waals surface area contributed by atoms with E-state index in [0.29, 0.717) is 0 Å². The first kappa shape index (κ1) is 65.5. The van der Waals surface area contributed by atoms with Crippen LogP contribution in [0.25, 0.3) is 28.4 Å². The highest BCUT2D eigenvalue weighted by Crippen LogP contribution is 2.40. The zero-order valence-corrected chi connectivity index (χ0v) is 47.6. The summed E-state index contributed by atoms with van der Waals surface area (Å²) < 4.78 is 79.7. The van der Waals surface area contributed by atoms with Crippen LogP contribution in [0.3, 0.4) is 0 Å². The molecular weight excluding hydrogens is 1150 g/mol. The van der Waals surface area contributed by atoms with Crippen molar-refractivity contribution < 1.29 is 138 Å². The van der Waals surface area contributed by atoms with Gasteiger partial charge in [-0.2, -0.15) is 9.78 Å². The molecule has 2 fully saturated rings. The van der Waals surface area contributed by atoms with Gasteiger partial charge in [-0.15, -0.1) is 0 Å². The standard InChI is InChI=1S/C56H56O30/c1-24-47(82-55-53(78-32(9)64)51(77-31(8)63)49(75-29(6)61)43(81-55)23-69-44(67)19-13-35-12-18-39(72-26(3)58)40(20-35)73-27(4)59)52(85-83-33(10)65)54(86-84-34(11)66)56(70-24)79-38-21-41(74-28(5)60)45-42(22-38)80-48(50(46(45)68)76-30(7)62)36-14-16-37(17-15-36)71-25(2)57/h12-22,24,43,47,49,51-56H,23H2,1-11H3/b19-13+/t24-,43+,47-,49+,51-,52+,53+,54+,55-,56-/m0/s1. The van der Waals surface area contributed by atoms with Crippen LogP contribution >= 0.6 is 0 Å². The van der Waals surface area contributed by atoms with Gasteiger partial charge in [0.05, 0.1) is 6.10 Å². The lowest BCUT2D eigenvalue weighted by atomic mass is 9.96. The quantitative estimate of drug-likeness (QED) is 0.0283. The second-order valence-corrected chi connectivity index (χ2v) is 18.5. The summed E-state index contributed by atoms with van der Waals surface area (Å²) in [6, 6.07) is 11.6. The Labute approximate surface area is 486 Å². The first-order valence-corrected chi connectivity index (χ1v) is 25.6. The second-order valence-electron chi connectivity index (χ2n) is 18.5. The van der Waals surface area contributed by atoms with E-state index in [-0.39, 0.29) is 45.5 Å². The normalized spacial score (nSPS) is 21.6. The second kappa shape index (κ2) is 29.3. The molecule has 0 bridgehead atoms. The lowest BCUT2D eigenvalue weighted by molar-refractivity contribution is -0.432. The summed E-state index contributed by atoms with van der Waals surface area (Å²) in [7, 11) is 0. The van der Waals surface area contributed by atoms with Gasteiger partial charge >= 0.3 is 65.7 Å². The SMILES string of the molecule is CC(=O)OO[C@@H]1[C@@H](O[C@@H]2O[C@H](COC(=O)/C=C/c3ccc(OC(C)=O)c(OC(C)=O)c3)[C@@H](OC(C)=O)[C@H](OC(C)=O)[C@H]2OC(C)=O)[C@H](C)O[C@@H](Oc2cc(OC(C)=O)c3c(=O)c(OC(C)=O)c(-c4ccc(OC(C)=O)cc4)oc3c2)[C@@H]1OOC(C)=O. The summed E-state index contributed by atoms with van der Waals surface area (Å²) in [5.74, 6) is -12.2. The van der Waals surface area contributed by atoms with Gasteiger partial charge in [-0.3, -0.25) is 52.9 Å². The van der Waals surface area contributed by atoms with E-state index in [1.807, 2.05) is 0 Å². The van der Waals surface area contributed by atoms with Gasteiger partial charge in [0.15, 0.2) is 54.1 Å². The number of hydrogen-bond acceptors (Lipinski definition) is 30. The topological polar surface area (TPSA) is 375 Å². The molecule has 1 aromatic heterocycles. The lowest BCUT2D eigenvalue weighted by Gasteiger charge is -2.47. The average molecular weight is 1210 g/mol. The Kier molecular flexibility index (Phi) is 22.3. The number of ether oxygens (including phenoxy) is 13. The van der Waals surface area contributed by atoms with Crippen LogP contribution in [0.15, 0.2) is 69.9 Å². The minimum Gasteiger partial charge on any atom is -0.461 e. The van der Waals surface area contributed by atoms with E-state index in [4.69, 9.17) is 85.5 Å². The lowest BCUT2D eigenvalue weighted by Crippen LogP contribution is -2.66. The van der Waals surface area contributed by atoms with Crippen molar-refractivity contribution in [2.75, 3.05) is 6.61 Å². The molecule has 0 amide bonds. The number of esters is 9. The van der Waals surface area contributed by atoms with Crippen LogP contribution < -0.4 is 33.8 Å². The molecular formula is C56H56O30. The summed E-state index contributed by atoms with van der Waals surface area (Å²) in [4.78, 5) is 172. The molecule has 86 heavy (non-hydrogen) atoms. The number of rotatable bonds is 21. The van der Waals surface area contributed by atoms with Crippen molar-refractivity contribution >= 4 is 82.7 Å². The minimum atomic E-state index is -2.00. The summed E-state index contributed by atoms with van der Waals surface area (Å²) >= 11 is 0. The van der Waals surface area contributed by atoms with Crippen molar-refractivity contribution in [2.24, 2.45) is 0 Å². The van der Waals surface area contributed by atoms with Gasteiger partial charge in [-0.25, -0.2) is 14.4 Å². The van der Waals surface area contributed by atoms with Gasteiger partial charge < -0.3 is 66.0 Å². The molecule has 460 valence electrons.